The highest BCUT2D eigenvalue weighted by molar-refractivity contribution is 8.00. The van der Waals surface area contributed by atoms with E-state index in [-0.39, 0.29) is 35.1 Å². The van der Waals surface area contributed by atoms with Crippen LogP contribution in [0.2, 0.25) is 0 Å². The molecule has 4 atom stereocenters. The molecule has 1 aliphatic rings. The number of fused-ring (bicyclic) bond motifs is 1. The van der Waals surface area contributed by atoms with Crippen molar-refractivity contribution in [2.24, 2.45) is 5.73 Å². The SMILES string of the molecule is NC(CCC(=O)NC(CSC1C=Cc2cccc(N([O-])O)c2C1O)C(=O)NCC(=O)O)C(=O)O. The van der Waals surface area contributed by atoms with Gasteiger partial charge in [0, 0.05) is 17.7 Å². The summed E-state index contributed by atoms with van der Waals surface area (Å²) in [5.41, 5.74) is 5.95. The lowest BCUT2D eigenvalue weighted by atomic mass is 9.93. The van der Waals surface area contributed by atoms with Gasteiger partial charge in [0.15, 0.2) is 0 Å². The van der Waals surface area contributed by atoms with E-state index in [1.54, 1.807) is 18.2 Å². The zero-order valence-electron chi connectivity index (χ0n) is 17.8. The fourth-order valence-electron chi connectivity index (χ4n) is 3.17. The van der Waals surface area contributed by atoms with E-state index in [1.165, 1.54) is 12.1 Å². The molecule has 8 N–H and O–H groups in total. The summed E-state index contributed by atoms with van der Waals surface area (Å²) in [7, 11) is 0. The van der Waals surface area contributed by atoms with E-state index in [0.717, 1.165) is 11.8 Å². The quantitative estimate of drug-likeness (QED) is 0.180. The van der Waals surface area contributed by atoms with Gasteiger partial charge in [-0.3, -0.25) is 24.4 Å². The number of carboxylic acid groups (broad SMARTS) is 2. The molecular formula is C20H25N4O9S-. The normalized spacial score (nSPS) is 18.4. The van der Waals surface area contributed by atoms with Gasteiger partial charge in [-0.25, -0.2) is 0 Å². The Balaban J connectivity index is 2.09. The fraction of sp³-hybridized carbons (Fsp3) is 0.400. The molecule has 0 saturated carbocycles. The number of hydrogen-bond donors (Lipinski definition) is 7. The average molecular weight is 498 g/mol. The maximum atomic E-state index is 12.4. The minimum absolute atomic E-state index is 0.0913. The summed E-state index contributed by atoms with van der Waals surface area (Å²) in [6, 6.07) is 2.05. The molecule has 34 heavy (non-hydrogen) atoms. The smallest absolute Gasteiger partial charge is 0.322 e. The van der Waals surface area contributed by atoms with Crippen molar-refractivity contribution in [3.63, 3.8) is 0 Å². The van der Waals surface area contributed by atoms with Crippen LogP contribution in [0.3, 0.4) is 0 Å². The van der Waals surface area contributed by atoms with E-state index in [0.29, 0.717) is 5.56 Å². The first kappa shape index (κ1) is 27.1. The first-order valence-corrected chi connectivity index (χ1v) is 11.1. The topological polar surface area (TPSA) is 226 Å². The number of aliphatic hydroxyl groups excluding tert-OH is 1. The van der Waals surface area contributed by atoms with Crippen molar-refractivity contribution in [3.05, 3.63) is 40.6 Å². The number of aliphatic carboxylic acids is 2. The molecule has 13 nitrogen and oxygen atoms in total. The van der Waals surface area contributed by atoms with Crippen molar-refractivity contribution < 1.29 is 39.7 Å². The molecule has 0 fully saturated rings. The third kappa shape index (κ3) is 7.43. The number of carbonyl (C=O) groups excluding carboxylic acids is 2. The van der Waals surface area contributed by atoms with Gasteiger partial charge in [-0.05, 0) is 18.1 Å². The van der Waals surface area contributed by atoms with Crippen LogP contribution >= 0.6 is 11.8 Å². The van der Waals surface area contributed by atoms with Crippen LogP contribution in [-0.4, -0.2) is 73.9 Å². The summed E-state index contributed by atoms with van der Waals surface area (Å²) in [5.74, 6) is -4.12. The number of nitrogens with zero attached hydrogens (tertiary/aromatic N) is 1. The van der Waals surface area contributed by atoms with Gasteiger partial charge in [0.1, 0.15) is 18.6 Å². The van der Waals surface area contributed by atoms with E-state index in [2.05, 4.69) is 10.6 Å². The lowest BCUT2D eigenvalue weighted by Crippen LogP contribution is -2.49. The number of carbonyl (C=O) groups is 4. The van der Waals surface area contributed by atoms with Gasteiger partial charge >= 0.3 is 11.9 Å². The van der Waals surface area contributed by atoms with Crippen LogP contribution < -0.4 is 21.6 Å². The van der Waals surface area contributed by atoms with Crippen LogP contribution in [0.25, 0.3) is 6.08 Å². The van der Waals surface area contributed by atoms with Crippen molar-refractivity contribution in [3.8, 4) is 0 Å². The molecule has 14 heteroatoms. The number of rotatable bonds is 12. The third-order valence-corrected chi connectivity index (χ3v) is 6.24. The van der Waals surface area contributed by atoms with Crippen LogP contribution in [0.15, 0.2) is 24.3 Å². The number of nitrogens with two attached hydrogens (primary N) is 1. The van der Waals surface area contributed by atoms with Crippen LogP contribution in [0.4, 0.5) is 5.69 Å². The maximum Gasteiger partial charge on any atom is 0.322 e. The van der Waals surface area contributed by atoms with Crippen LogP contribution in [-0.2, 0) is 19.2 Å². The highest BCUT2D eigenvalue weighted by atomic mass is 32.2. The largest absolute Gasteiger partial charge is 0.733 e. The number of thioether (sulfide) groups is 1. The van der Waals surface area contributed by atoms with Crippen LogP contribution in [0.5, 0.6) is 0 Å². The molecule has 4 unspecified atom stereocenters. The molecule has 0 bridgehead atoms. The summed E-state index contributed by atoms with van der Waals surface area (Å²) in [4.78, 5) is 46.2. The minimum atomic E-state index is -1.29. The maximum absolute atomic E-state index is 12.4. The Morgan fingerprint density at radius 2 is 1.94 bits per heavy atom. The van der Waals surface area contributed by atoms with Crippen LogP contribution in [0, 0.1) is 5.21 Å². The molecule has 1 aliphatic carbocycles. The second kappa shape index (κ2) is 12.3. The molecule has 0 saturated heterocycles. The number of carboxylic acids is 2. The molecule has 0 spiro atoms. The number of aliphatic hydroxyl groups is 1. The molecule has 186 valence electrons. The minimum Gasteiger partial charge on any atom is -0.733 e. The highest BCUT2D eigenvalue weighted by Gasteiger charge is 2.30. The van der Waals surface area contributed by atoms with Crippen molar-refractivity contribution in [2.45, 2.75) is 36.3 Å². The molecular weight excluding hydrogens is 472 g/mol. The van der Waals surface area contributed by atoms with E-state index in [1.807, 2.05) is 0 Å². The Hall–Kier alpha value is -3.17. The number of nitrogens with one attached hydrogen (secondary N) is 2. The van der Waals surface area contributed by atoms with Gasteiger partial charge in [-0.15, -0.1) is 11.8 Å². The lowest BCUT2D eigenvalue weighted by molar-refractivity contribution is -0.139. The molecule has 0 aromatic heterocycles. The molecule has 0 radical (unpaired) electrons. The Morgan fingerprint density at radius 3 is 2.56 bits per heavy atom. The Kier molecular flexibility index (Phi) is 9.83. The average Bonchev–Trinajstić information content (AvgIpc) is 2.78. The van der Waals surface area contributed by atoms with Gasteiger partial charge in [-0.1, -0.05) is 24.3 Å². The van der Waals surface area contributed by atoms with Crippen molar-refractivity contribution >= 4 is 47.3 Å². The molecule has 0 heterocycles. The van der Waals surface area contributed by atoms with Gasteiger partial charge in [-0.2, -0.15) is 0 Å². The standard InChI is InChI=1S/C20H25N4O9S/c21-11(20(30)31)5-7-15(25)23-12(19(29)22-8-16(26)27)9-34-14-6-4-10-2-1-3-13(24(32)33)17(10)18(14)28/h1-4,6,11-12,14,18,28,32H,5,7-9,21H2,(H,22,29)(H,23,25)(H,26,27)(H,30,31)/q-1. The van der Waals surface area contributed by atoms with Gasteiger partial charge in [0.25, 0.3) is 0 Å². The summed E-state index contributed by atoms with van der Waals surface area (Å²) in [6.45, 7) is -0.682. The van der Waals surface area contributed by atoms with E-state index in [4.69, 9.17) is 15.9 Å². The van der Waals surface area contributed by atoms with Gasteiger partial charge in [0.05, 0.1) is 17.0 Å². The molecule has 0 aliphatic heterocycles. The monoisotopic (exact) mass is 497 g/mol. The Morgan fingerprint density at radius 1 is 1.24 bits per heavy atom. The molecule has 1 aromatic rings. The molecule has 2 rings (SSSR count). The van der Waals surface area contributed by atoms with Gasteiger partial charge < -0.3 is 42.1 Å². The fourth-order valence-corrected chi connectivity index (χ4v) is 4.33. The van der Waals surface area contributed by atoms with E-state index >= 15 is 0 Å². The van der Waals surface area contributed by atoms with Crippen molar-refractivity contribution in [2.75, 3.05) is 17.5 Å². The molecule has 1 aromatic carbocycles. The number of amides is 2. The first-order chi connectivity index (χ1) is 16.0. The second-order valence-electron chi connectivity index (χ2n) is 7.37. The number of anilines is 1. The Labute approximate surface area is 198 Å². The summed E-state index contributed by atoms with van der Waals surface area (Å²) in [6.07, 6.45) is 1.59. The zero-order chi connectivity index (χ0) is 25.4. The first-order valence-electron chi connectivity index (χ1n) is 10.1. The summed E-state index contributed by atoms with van der Waals surface area (Å²) >= 11 is 1.05. The van der Waals surface area contributed by atoms with E-state index in [9.17, 15) is 34.7 Å². The van der Waals surface area contributed by atoms with Gasteiger partial charge in [0.2, 0.25) is 11.8 Å². The summed E-state index contributed by atoms with van der Waals surface area (Å²) < 4.78 is 0. The molecule has 2 amide bonds. The van der Waals surface area contributed by atoms with E-state index < -0.39 is 53.7 Å². The summed E-state index contributed by atoms with van der Waals surface area (Å²) in [5, 5.41) is 52.7. The third-order valence-electron chi connectivity index (χ3n) is 4.92. The van der Waals surface area contributed by atoms with Crippen molar-refractivity contribution in [1.29, 1.82) is 0 Å². The number of benzene rings is 1. The Bertz CT molecular complexity index is 956. The predicted octanol–water partition coefficient (Wildman–Crippen LogP) is -0.580. The number of hydrogen-bond acceptors (Lipinski definition) is 10. The predicted molar refractivity (Wildman–Crippen MR) is 122 cm³/mol. The van der Waals surface area contributed by atoms with Crippen LogP contribution in [0.1, 0.15) is 30.1 Å². The highest BCUT2D eigenvalue weighted by Crippen LogP contribution is 2.39. The second-order valence-corrected chi connectivity index (χ2v) is 8.58. The van der Waals surface area contributed by atoms with Crippen molar-refractivity contribution in [1.82, 2.24) is 10.6 Å². The zero-order valence-corrected chi connectivity index (χ0v) is 18.6. The lowest BCUT2D eigenvalue weighted by Gasteiger charge is -2.32.